The molecule has 2 amide bonds. The third kappa shape index (κ3) is 6.02. The minimum atomic E-state index is -3.76. The Balaban J connectivity index is 2.00. The monoisotopic (exact) mass is 441 g/mol. The zero-order valence-electron chi connectivity index (χ0n) is 17.4. The van der Waals surface area contributed by atoms with Gasteiger partial charge >= 0.3 is 0 Å². The van der Waals surface area contributed by atoms with Gasteiger partial charge in [0.1, 0.15) is 18.2 Å². The molecule has 10 heteroatoms. The molecule has 166 valence electrons. The summed E-state index contributed by atoms with van der Waals surface area (Å²) in [5.41, 5.74) is 5.02. The van der Waals surface area contributed by atoms with Gasteiger partial charge in [0.25, 0.3) is 0 Å². The van der Waals surface area contributed by atoms with Crippen LogP contribution in [0.1, 0.15) is 20.8 Å². The Morgan fingerprint density at radius 3 is 2.37 bits per heavy atom. The second-order valence-corrected chi connectivity index (χ2v) is 10.1. The molecule has 1 aromatic rings. The van der Waals surface area contributed by atoms with Crippen LogP contribution in [0.2, 0.25) is 0 Å². The van der Waals surface area contributed by atoms with Gasteiger partial charge in [-0.15, -0.1) is 0 Å². The van der Waals surface area contributed by atoms with Gasteiger partial charge in [-0.2, -0.15) is 0 Å². The van der Waals surface area contributed by atoms with Gasteiger partial charge < -0.3 is 20.3 Å². The first-order valence-corrected chi connectivity index (χ1v) is 11.1. The molecule has 2 rings (SSSR count). The van der Waals surface area contributed by atoms with Crippen LogP contribution in [0.25, 0.3) is 0 Å². The first-order chi connectivity index (χ1) is 14.0. The lowest BCUT2D eigenvalue weighted by molar-refractivity contribution is -0.149. The maximum atomic E-state index is 12.7. The van der Waals surface area contributed by atoms with E-state index in [1.807, 2.05) is 0 Å². The van der Waals surface area contributed by atoms with Gasteiger partial charge in [-0.1, -0.05) is 20.8 Å². The number of rotatable bonds is 7. The summed E-state index contributed by atoms with van der Waals surface area (Å²) in [6, 6.07) is 5.66. The van der Waals surface area contributed by atoms with Crippen LogP contribution in [0, 0.1) is 5.41 Å². The summed E-state index contributed by atoms with van der Waals surface area (Å²) in [6.45, 7) is 5.60. The average molecular weight is 442 g/mol. The van der Waals surface area contributed by atoms with E-state index in [2.05, 4.69) is 0 Å². The minimum Gasteiger partial charge on any atom is -0.489 e. The molecule has 1 aliphatic heterocycles. The highest BCUT2D eigenvalue weighted by Gasteiger charge is 2.34. The van der Waals surface area contributed by atoms with Crippen molar-refractivity contribution in [2.45, 2.75) is 25.7 Å². The van der Waals surface area contributed by atoms with E-state index in [0.29, 0.717) is 12.1 Å². The number of amides is 2. The molecule has 1 saturated heterocycles. The summed E-state index contributed by atoms with van der Waals surface area (Å²) in [6.07, 6.45) is 0.380. The highest BCUT2D eigenvalue weighted by molar-refractivity contribution is 7.91. The number of ether oxygens (including phenoxy) is 1. The molecule has 0 saturated carbocycles. The maximum Gasteiger partial charge on any atom is 0.243 e. The molecule has 1 aromatic carbocycles. The van der Waals surface area contributed by atoms with Crippen molar-refractivity contribution in [3.8, 4) is 5.75 Å². The van der Waals surface area contributed by atoms with Gasteiger partial charge in [-0.05, 0) is 24.3 Å². The van der Waals surface area contributed by atoms with Crippen molar-refractivity contribution < 1.29 is 27.1 Å². The fraction of sp³-hybridized carbons (Fsp3) is 0.500. The Morgan fingerprint density at radius 2 is 1.87 bits per heavy atom. The molecule has 1 aliphatic rings. The molecule has 0 aliphatic carbocycles. The Labute approximate surface area is 176 Å². The summed E-state index contributed by atoms with van der Waals surface area (Å²) in [5, 5.41) is 0. The second-order valence-electron chi connectivity index (χ2n) is 8.11. The van der Waals surface area contributed by atoms with Gasteiger partial charge in [-0.3, -0.25) is 9.59 Å². The van der Waals surface area contributed by atoms with E-state index in [-0.39, 0.29) is 49.2 Å². The SMILES string of the molecule is CC(C)(C)C(=O)N1CCN(CS(=O)(=O)c2ccc(OC/C(=C/F)CN)cc2)C(=O)C1. The van der Waals surface area contributed by atoms with Crippen LogP contribution in [0.5, 0.6) is 5.75 Å². The van der Waals surface area contributed by atoms with Crippen LogP contribution in [-0.2, 0) is 19.4 Å². The maximum absolute atomic E-state index is 12.7. The van der Waals surface area contributed by atoms with Crippen LogP contribution in [-0.4, -0.2) is 68.7 Å². The number of piperazine rings is 1. The smallest absolute Gasteiger partial charge is 0.243 e. The zero-order valence-corrected chi connectivity index (χ0v) is 18.2. The first-order valence-electron chi connectivity index (χ1n) is 9.49. The lowest BCUT2D eigenvalue weighted by atomic mass is 9.94. The fourth-order valence-corrected chi connectivity index (χ4v) is 4.21. The second kappa shape index (κ2) is 9.57. The molecule has 1 heterocycles. The lowest BCUT2D eigenvalue weighted by Gasteiger charge is -2.36. The van der Waals surface area contributed by atoms with Crippen molar-refractivity contribution in [3.63, 3.8) is 0 Å². The third-order valence-corrected chi connectivity index (χ3v) is 6.24. The Hall–Kier alpha value is -2.46. The number of sulfone groups is 1. The van der Waals surface area contributed by atoms with Crippen LogP contribution in [0.15, 0.2) is 41.1 Å². The standard InChI is InChI=1S/C20H28FN3O5S/c1-20(2,3)19(26)23-8-9-24(18(25)12-23)14-30(27,28)17-6-4-16(5-7-17)29-13-15(10-21)11-22/h4-7,10H,8-9,11-14,22H2,1-3H3/b15-10+. The molecule has 30 heavy (non-hydrogen) atoms. The van der Waals surface area contributed by atoms with Crippen LogP contribution in [0.4, 0.5) is 4.39 Å². The number of carbonyl (C=O) groups is 2. The quantitative estimate of drug-likeness (QED) is 0.684. The summed E-state index contributed by atoms with van der Waals surface area (Å²) < 4.78 is 43.3. The molecule has 0 aromatic heterocycles. The van der Waals surface area contributed by atoms with E-state index in [9.17, 15) is 22.4 Å². The number of hydrogen-bond donors (Lipinski definition) is 1. The zero-order chi connectivity index (χ0) is 22.5. The van der Waals surface area contributed by atoms with E-state index in [1.165, 1.54) is 34.1 Å². The van der Waals surface area contributed by atoms with E-state index in [0.717, 1.165) is 0 Å². The molecule has 2 N–H and O–H groups in total. The van der Waals surface area contributed by atoms with Gasteiger partial charge in [0, 0.05) is 30.6 Å². The average Bonchev–Trinajstić information content (AvgIpc) is 2.69. The third-order valence-electron chi connectivity index (χ3n) is 4.60. The number of benzene rings is 1. The van der Waals surface area contributed by atoms with Crippen molar-refractivity contribution in [1.82, 2.24) is 9.80 Å². The van der Waals surface area contributed by atoms with E-state index in [1.54, 1.807) is 20.8 Å². The highest BCUT2D eigenvalue weighted by atomic mass is 32.2. The van der Waals surface area contributed by atoms with Gasteiger partial charge in [0.15, 0.2) is 9.84 Å². The molecule has 8 nitrogen and oxygen atoms in total. The van der Waals surface area contributed by atoms with E-state index in [4.69, 9.17) is 10.5 Å². The highest BCUT2D eigenvalue weighted by Crippen LogP contribution is 2.21. The molecule has 0 unspecified atom stereocenters. The number of hydrogen-bond acceptors (Lipinski definition) is 6. The molecule has 1 fully saturated rings. The largest absolute Gasteiger partial charge is 0.489 e. The van der Waals surface area contributed by atoms with Crippen LogP contribution < -0.4 is 10.5 Å². The van der Waals surface area contributed by atoms with Crippen molar-refractivity contribution in [1.29, 1.82) is 0 Å². The molecule has 0 atom stereocenters. The Kier molecular flexibility index (Phi) is 7.59. The topological polar surface area (TPSA) is 110 Å². The van der Waals surface area contributed by atoms with Crippen molar-refractivity contribution in [2.24, 2.45) is 11.1 Å². The number of nitrogens with two attached hydrogens (primary N) is 1. The summed E-state index contributed by atoms with van der Waals surface area (Å²) in [4.78, 5) is 27.5. The summed E-state index contributed by atoms with van der Waals surface area (Å²) in [7, 11) is -3.76. The minimum absolute atomic E-state index is 0.0194. The van der Waals surface area contributed by atoms with E-state index < -0.39 is 27.0 Å². The Morgan fingerprint density at radius 1 is 1.23 bits per heavy atom. The predicted molar refractivity (Wildman–Crippen MR) is 110 cm³/mol. The number of nitrogens with zero attached hydrogens (tertiary/aromatic N) is 2. The predicted octanol–water partition coefficient (Wildman–Crippen LogP) is 1.33. The molecule has 0 bridgehead atoms. The Bertz CT molecular complexity index is 907. The fourth-order valence-electron chi connectivity index (χ4n) is 2.83. The van der Waals surface area contributed by atoms with Gasteiger partial charge in [0.05, 0.1) is 17.8 Å². The molecular weight excluding hydrogens is 413 g/mol. The molecular formula is C20H28FN3O5S. The van der Waals surface area contributed by atoms with Gasteiger partial charge in [0.2, 0.25) is 11.8 Å². The van der Waals surface area contributed by atoms with Crippen LogP contribution in [0.3, 0.4) is 0 Å². The summed E-state index contributed by atoms with van der Waals surface area (Å²) in [5.74, 6) is -0.651. The lowest BCUT2D eigenvalue weighted by Crippen LogP contribution is -2.55. The van der Waals surface area contributed by atoms with E-state index >= 15 is 0 Å². The van der Waals surface area contributed by atoms with Crippen LogP contribution >= 0.6 is 0 Å². The van der Waals surface area contributed by atoms with Crippen molar-refractivity contribution in [2.75, 3.05) is 38.7 Å². The first kappa shape index (κ1) is 23.8. The normalized spacial score (nSPS) is 16.0. The number of carbonyl (C=O) groups excluding carboxylic acids is 2. The number of halogens is 1. The van der Waals surface area contributed by atoms with Crippen molar-refractivity contribution in [3.05, 3.63) is 36.2 Å². The van der Waals surface area contributed by atoms with Gasteiger partial charge in [-0.25, -0.2) is 12.8 Å². The molecule has 0 spiro atoms. The van der Waals surface area contributed by atoms with Crippen molar-refractivity contribution >= 4 is 21.7 Å². The summed E-state index contributed by atoms with van der Waals surface area (Å²) >= 11 is 0. The molecule has 0 radical (unpaired) electrons.